The number of nitrogens with one attached hydrogen (secondary N) is 2. The first-order valence-corrected chi connectivity index (χ1v) is 10.2. The van der Waals surface area contributed by atoms with E-state index in [0.717, 1.165) is 5.56 Å². The molecule has 32 heavy (non-hydrogen) atoms. The molecule has 2 aromatic heterocycles. The van der Waals surface area contributed by atoms with Gasteiger partial charge >= 0.3 is 5.69 Å². The average Bonchev–Trinajstić information content (AvgIpc) is 3.23. The molecule has 1 amide bonds. The molecule has 4 aromatic rings. The number of amides is 1. The molecule has 0 aliphatic carbocycles. The molecule has 2 N–H and O–H groups in total. The van der Waals surface area contributed by atoms with Crippen molar-refractivity contribution in [1.82, 2.24) is 29.9 Å². The number of aromatic amines is 1. The zero-order chi connectivity index (χ0) is 22.7. The molecule has 0 saturated carbocycles. The quantitative estimate of drug-likeness (QED) is 0.448. The Bertz CT molecular complexity index is 1390. The topological polar surface area (TPSA) is 115 Å². The number of hydrogen-bond donors (Lipinski definition) is 2. The van der Waals surface area contributed by atoms with E-state index >= 15 is 0 Å². The molecular weight excluding hydrogens is 455 g/mol. The number of hydrogen-bond acceptors (Lipinski definition) is 5. The number of halogens is 2. The van der Waals surface area contributed by atoms with Crippen molar-refractivity contribution in [1.29, 1.82) is 0 Å². The van der Waals surface area contributed by atoms with Crippen molar-refractivity contribution in [2.24, 2.45) is 0 Å². The van der Waals surface area contributed by atoms with Crippen molar-refractivity contribution in [2.75, 3.05) is 0 Å². The lowest BCUT2D eigenvalue weighted by molar-refractivity contribution is -0.120. The number of nitrogens with zero attached hydrogens (tertiary/aromatic N) is 4. The molecule has 0 aliphatic rings. The van der Waals surface area contributed by atoms with E-state index in [1.54, 1.807) is 48.7 Å². The van der Waals surface area contributed by atoms with Crippen molar-refractivity contribution in [3.8, 4) is 11.4 Å². The Labute approximate surface area is 191 Å². The van der Waals surface area contributed by atoms with Gasteiger partial charge in [0.25, 0.3) is 5.56 Å². The third-order valence-electron chi connectivity index (χ3n) is 4.57. The van der Waals surface area contributed by atoms with Crippen LogP contribution in [0.4, 0.5) is 0 Å². The van der Waals surface area contributed by atoms with Crippen LogP contribution in [0.3, 0.4) is 0 Å². The first kappa shape index (κ1) is 21.5. The molecule has 2 heterocycles. The molecule has 9 nitrogen and oxygen atoms in total. The predicted molar refractivity (Wildman–Crippen MR) is 120 cm³/mol. The molecule has 0 aliphatic heterocycles. The van der Waals surface area contributed by atoms with Gasteiger partial charge < -0.3 is 5.32 Å². The number of carbonyl (C=O) groups excluding carboxylic acids is 1. The average molecular weight is 471 g/mol. The van der Waals surface area contributed by atoms with E-state index in [2.05, 4.69) is 20.6 Å². The van der Waals surface area contributed by atoms with E-state index in [-0.39, 0.29) is 12.3 Å². The highest BCUT2D eigenvalue weighted by molar-refractivity contribution is 6.42. The molecule has 0 spiro atoms. The Hall–Kier alpha value is -3.69. The van der Waals surface area contributed by atoms with Crippen LogP contribution in [0, 0.1) is 0 Å². The maximum Gasteiger partial charge on any atom is 0.332 e. The van der Waals surface area contributed by atoms with Gasteiger partial charge in [0, 0.05) is 18.8 Å². The zero-order valence-electron chi connectivity index (χ0n) is 16.5. The number of rotatable bonds is 6. The van der Waals surface area contributed by atoms with Crippen molar-refractivity contribution < 1.29 is 4.79 Å². The summed E-state index contributed by atoms with van der Waals surface area (Å²) in [4.78, 5) is 37.6. The maximum absolute atomic E-state index is 12.2. The minimum atomic E-state index is -0.528. The van der Waals surface area contributed by atoms with Crippen molar-refractivity contribution in [3.05, 3.63) is 103 Å². The second-order valence-electron chi connectivity index (χ2n) is 6.85. The van der Waals surface area contributed by atoms with Crippen molar-refractivity contribution in [3.63, 3.8) is 0 Å². The fourth-order valence-electron chi connectivity index (χ4n) is 2.97. The summed E-state index contributed by atoms with van der Waals surface area (Å²) in [6.45, 7) is 0.315. The van der Waals surface area contributed by atoms with E-state index in [1.165, 1.54) is 21.5 Å². The second kappa shape index (κ2) is 9.21. The van der Waals surface area contributed by atoms with Gasteiger partial charge in [-0.15, -0.1) is 5.10 Å². The third kappa shape index (κ3) is 4.96. The van der Waals surface area contributed by atoms with Crippen molar-refractivity contribution in [2.45, 2.75) is 13.0 Å². The molecule has 0 fully saturated rings. The van der Waals surface area contributed by atoms with Crippen LogP contribution >= 0.6 is 23.2 Å². The van der Waals surface area contributed by atoms with E-state index in [9.17, 15) is 14.4 Å². The third-order valence-corrected chi connectivity index (χ3v) is 5.31. The van der Waals surface area contributed by atoms with Crippen LogP contribution in [0.2, 0.25) is 10.0 Å². The highest BCUT2D eigenvalue weighted by Crippen LogP contribution is 2.22. The fraction of sp³-hybridized carbons (Fsp3) is 0.0952. The van der Waals surface area contributed by atoms with Gasteiger partial charge in [0.05, 0.1) is 39.7 Å². The molecule has 0 unspecified atom stereocenters. The summed E-state index contributed by atoms with van der Waals surface area (Å²) >= 11 is 11.9. The summed E-state index contributed by atoms with van der Waals surface area (Å²) in [5.74, 6) is -0.212. The number of carbonyl (C=O) groups is 1. The van der Waals surface area contributed by atoms with E-state index in [4.69, 9.17) is 23.2 Å². The molecule has 0 bridgehead atoms. The van der Waals surface area contributed by atoms with Gasteiger partial charge in [0.15, 0.2) is 0 Å². The number of benzene rings is 2. The first-order chi connectivity index (χ1) is 15.4. The van der Waals surface area contributed by atoms with Gasteiger partial charge in [-0.05, 0) is 42.0 Å². The monoisotopic (exact) mass is 470 g/mol. The lowest BCUT2D eigenvalue weighted by atomic mass is 10.2. The van der Waals surface area contributed by atoms with Crippen LogP contribution in [-0.2, 0) is 17.8 Å². The summed E-state index contributed by atoms with van der Waals surface area (Å²) in [5.41, 5.74) is 1.62. The van der Waals surface area contributed by atoms with Crippen LogP contribution in [-0.4, -0.2) is 30.5 Å². The van der Waals surface area contributed by atoms with E-state index in [1.807, 2.05) is 0 Å². The standard InChI is InChI=1S/C21H16Cl2N6O3/c22-17-6-1-13(9-18(17)23)11-24-20(31)10-14-12-29(27-26-14)16-4-2-15(3-5-16)28-8-7-19(30)25-21(28)32/h1-9,12H,10-11H2,(H,24,31)(H,25,30,32). The number of H-pyrrole nitrogens is 1. The molecule has 2 aromatic carbocycles. The predicted octanol–water partition coefficient (Wildman–Crippen LogP) is 2.27. The summed E-state index contributed by atoms with van der Waals surface area (Å²) in [5, 5.41) is 11.8. The summed E-state index contributed by atoms with van der Waals surface area (Å²) < 4.78 is 2.84. The van der Waals surface area contributed by atoms with Crippen LogP contribution in [0.15, 0.2) is 70.5 Å². The van der Waals surface area contributed by atoms with Gasteiger partial charge in [0.2, 0.25) is 5.91 Å². The van der Waals surface area contributed by atoms with Gasteiger partial charge in [-0.25, -0.2) is 9.48 Å². The highest BCUT2D eigenvalue weighted by atomic mass is 35.5. The van der Waals surface area contributed by atoms with Gasteiger partial charge in [-0.3, -0.25) is 19.1 Å². The minimum Gasteiger partial charge on any atom is -0.352 e. The summed E-state index contributed by atoms with van der Waals surface area (Å²) in [6, 6.07) is 13.3. The van der Waals surface area contributed by atoms with Gasteiger partial charge in [-0.2, -0.15) is 0 Å². The molecule has 0 radical (unpaired) electrons. The Kier molecular flexibility index (Phi) is 6.20. The lowest BCUT2D eigenvalue weighted by Crippen LogP contribution is -2.27. The SMILES string of the molecule is O=C(Cc1cn(-c2ccc(-n3ccc(=O)[nH]c3=O)cc2)nn1)NCc1ccc(Cl)c(Cl)c1. The minimum absolute atomic E-state index is 0.0617. The van der Waals surface area contributed by atoms with Crippen LogP contribution < -0.4 is 16.6 Å². The van der Waals surface area contributed by atoms with Crippen LogP contribution in [0.1, 0.15) is 11.3 Å². The van der Waals surface area contributed by atoms with Gasteiger partial charge in [-0.1, -0.05) is 34.5 Å². The maximum atomic E-state index is 12.2. The summed E-state index contributed by atoms with van der Waals surface area (Å²) in [6.07, 6.45) is 3.12. The molecule has 4 rings (SSSR count). The lowest BCUT2D eigenvalue weighted by Gasteiger charge is -2.06. The largest absolute Gasteiger partial charge is 0.352 e. The van der Waals surface area contributed by atoms with Gasteiger partial charge in [0.1, 0.15) is 0 Å². The Morgan fingerprint density at radius 1 is 1.00 bits per heavy atom. The molecular formula is C21H16Cl2N6O3. The Balaban J connectivity index is 1.39. The van der Waals surface area contributed by atoms with Crippen LogP contribution in [0.25, 0.3) is 11.4 Å². The van der Waals surface area contributed by atoms with E-state index in [0.29, 0.717) is 33.7 Å². The first-order valence-electron chi connectivity index (χ1n) is 9.44. The molecule has 162 valence electrons. The zero-order valence-corrected chi connectivity index (χ0v) is 18.0. The summed E-state index contributed by atoms with van der Waals surface area (Å²) in [7, 11) is 0. The number of aromatic nitrogens is 5. The van der Waals surface area contributed by atoms with E-state index < -0.39 is 11.2 Å². The Morgan fingerprint density at radius 3 is 2.47 bits per heavy atom. The van der Waals surface area contributed by atoms with Crippen LogP contribution in [0.5, 0.6) is 0 Å². The Morgan fingerprint density at radius 2 is 1.75 bits per heavy atom. The molecule has 0 atom stereocenters. The molecule has 0 saturated heterocycles. The smallest absolute Gasteiger partial charge is 0.332 e. The normalized spacial score (nSPS) is 10.8. The highest BCUT2D eigenvalue weighted by Gasteiger charge is 2.10. The molecule has 11 heteroatoms. The second-order valence-corrected chi connectivity index (χ2v) is 7.67. The van der Waals surface area contributed by atoms with Crippen molar-refractivity contribution >= 4 is 29.1 Å². The fourth-order valence-corrected chi connectivity index (χ4v) is 3.29.